The fraction of sp³-hybridized carbons (Fsp3) is 0.161. The van der Waals surface area contributed by atoms with Crippen LogP contribution in [0.5, 0.6) is 5.75 Å². The van der Waals surface area contributed by atoms with Crippen molar-refractivity contribution in [2.45, 2.75) is 19.1 Å². The van der Waals surface area contributed by atoms with E-state index in [0.717, 1.165) is 44.6 Å². The number of nitrogen functional groups attached to an aromatic ring is 1. The van der Waals surface area contributed by atoms with Crippen molar-refractivity contribution in [3.63, 3.8) is 0 Å². The van der Waals surface area contributed by atoms with E-state index >= 15 is 0 Å². The fourth-order valence-corrected chi connectivity index (χ4v) is 5.48. The molecule has 1 aliphatic heterocycles. The van der Waals surface area contributed by atoms with Gasteiger partial charge in [0.15, 0.2) is 5.82 Å². The lowest BCUT2D eigenvalue weighted by Gasteiger charge is -2.22. The Morgan fingerprint density at radius 2 is 1.85 bits per heavy atom. The molecule has 0 saturated carbocycles. The zero-order valence-corrected chi connectivity index (χ0v) is 22.3. The van der Waals surface area contributed by atoms with Gasteiger partial charge in [0.2, 0.25) is 0 Å². The van der Waals surface area contributed by atoms with Crippen LogP contribution < -0.4 is 10.5 Å². The number of amides is 1. The number of aromatic nitrogens is 5. The molecule has 204 valence electrons. The minimum Gasteiger partial charge on any atom is -0.497 e. The van der Waals surface area contributed by atoms with E-state index in [2.05, 4.69) is 14.8 Å². The van der Waals surface area contributed by atoms with Gasteiger partial charge < -0.3 is 19.8 Å². The number of pyridine rings is 1. The monoisotopic (exact) mass is 545 g/mol. The van der Waals surface area contributed by atoms with Gasteiger partial charge in [-0.15, -0.1) is 0 Å². The molecule has 1 atom stereocenters. The summed E-state index contributed by atoms with van der Waals surface area (Å²) in [5, 5.41) is 7.98. The van der Waals surface area contributed by atoms with Crippen molar-refractivity contribution in [2.75, 3.05) is 19.5 Å². The van der Waals surface area contributed by atoms with Crippen LogP contribution in [0.3, 0.4) is 0 Å². The number of rotatable bonds is 7. The van der Waals surface area contributed by atoms with Crippen molar-refractivity contribution < 1.29 is 14.3 Å². The SMILES string of the molecule is COc1ccc(Cn2c(CN3C(=O)OCC3c3ccccc3)nc3c(N)nc4cc(-c5ccn[nH]5)ccc4c32)cc1. The van der Waals surface area contributed by atoms with Crippen molar-refractivity contribution >= 4 is 33.8 Å². The maximum absolute atomic E-state index is 13.0. The molecule has 1 fully saturated rings. The van der Waals surface area contributed by atoms with E-state index in [1.54, 1.807) is 18.2 Å². The summed E-state index contributed by atoms with van der Waals surface area (Å²) in [5.74, 6) is 1.79. The number of carbonyl (C=O) groups is 1. The third-order valence-electron chi connectivity index (χ3n) is 7.57. The number of H-pyrrole nitrogens is 1. The molecule has 0 aliphatic carbocycles. The molecule has 1 unspecified atom stereocenters. The van der Waals surface area contributed by atoms with Gasteiger partial charge in [-0.25, -0.2) is 14.8 Å². The number of imidazole rings is 1. The van der Waals surface area contributed by atoms with Gasteiger partial charge >= 0.3 is 6.09 Å². The molecule has 0 radical (unpaired) electrons. The highest BCUT2D eigenvalue weighted by Crippen LogP contribution is 2.34. The Morgan fingerprint density at radius 1 is 1.02 bits per heavy atom. The number of carbonyl (C=O) groups excluding carboxylic acids is 1. The predicted molar refractivity (Wildman–Crippen MR) is 155 cm³/mol. The molecule has 3 aromatic heterocycles. The smallest absolute Gasteiger partial charge is 0.410 e. The van der Waals surface area contributed by atoms with Crippen LogP contribution in [0.4, 0.5) is 10.6 Å². The van der Waals surface area contributed by atoms with E-state index in [4.69, 9.17) is 25.2 Å². The van der Waals surface area contributed by atoms with Crippen LogP contribution in [0.2, 0.25) is 0 Å². The van der Waals surface area contributed by atoms with Gasteiger partial charge in [0, 0.05) is 23.7 Å². The second-order valence-electron chi connectivity index (χ2n) is 9.99. The van der Waals surface area contributed by atoms with Crippen molar-refractivity contribution in [2.24, 2.45) is 0 Å². The van der Waals surface area contributed by atoms with Crippen LogP contribution in [0.15, 0.2) is 85.1 Å². The number of aromatic amines is 1. The number of benzene rings is 3. The van der Waals surface area contributed by atoms with E-state index in [1.807, 2.05) is 78.9 Å². The Bertz CT molecular complexity index is 1870. The minimum atomic E-state index is -0.373. The molecule has 1 saturated heterocycles. The van der Waals surface area contributed by atoms with Crippen LogP contribution in [0, 0.1) is 0 Å². The highest BCUT2D eigenvalue weighted by atomic mass is 16.6. The molecule has 0 spiro atoms. The minimum absolute atomic E-state index is 0.220. The lowest BCUT2D eigenvalue weighted by molar-refractivity contribution is 0.155. The van der Waals surface area contributed by atoms with Crippen LogP contribution >= 0.6 is 0 Å². The summed E-state index contributed by atoms with van der Waals surface area (Å²) in [7, 11) is 1.65. The van der Waals surface area contributed by atoms with Crippen LogP contribution in [-0.2, 0) is 17.8 Å². The number of cyclic esters (lactones) is 1. The second kappa shape index (κ2) is 9.98. The van der Waals surface area contributed by atoms with Gasteiger partial charge in [-0.2, -0.15) is 5.10 Å². The standard InChI is InChI=1S/C31H27N7O3/c1-40-22-10-7-19(8-11-22)16-38-27(17-37-26(18-41-31(37)39)20-5-3-2-4-6-20)35-28-29(38)23-12-9-21(24-13-14-33-36-24)15-25(23)34-30(28)32/h2-15,26H,16-18H2,1H3,(H2,32,34)(H,33,36). The summed E-state index contributed by atoms with van der Waals surface area (Å²) in [5.41, 5.74) is 12.6. The molecule has 1 amide bonds. The Morgan fingerprint density at radius 3 is 2.61 bits per heavy atom. The second-order valence-corrected chi connectivity index (χ2v) is 9.99. The van der Waals surface area contributed by atoms with Crippen molar-refractivity contribution in [3.05, 3.63) is 102 Å². The van der Waals surface area contributed by atoms with Crippen molar-refractivity contribution in [1.29, 1.82) is 0 Å². The lowest BCUT2D eigenvalue weighted by atomic mass is 10.1. The molecule has 4 heterocycles. The number of nitrogens with one attached hydrogen (secondary N) is 1. The summed E-state index contributed by atoms with van der Waals surface area (Å²) in [4.78, 5) is 24.4. The first-order chi connectivity index (χ1) is 20.1. The first kappa shape index (κ1) is 24.6. The maximum Gasteiger partial charge on any atom is 0.410 e. The first-order valence-corrected chi connectivity index (χ1v) is 13.3. The number of hydrogen-bond acceptors (Lipinski definition) is 7. The van der Waals surface area contributed by atoms with Gasteiger partial charge in [0.1, 0.15) is 23.7 Å². The van der Waals surface area contributed by atoms with E-state index < -0.39 is 0 Å². The van der Waals surface area contributed by atoms with E-state index in [0.29, 0.717) is 23.7 Å². The molecule has 10 nitrogen and oxygen atoms in total. The number of nitrogens with two attached hydrogens (primary N) is 1. The summed E-state index contributed by atoms with van der Waals surface area (Å²) in [6.07, 6.45) is 1.34. The van der Waals surface area contributed by atoms with Gasteiger partial charge in [0.25, 0.3) is 0 Å². The van der Waals surface area contributed by atoms with Crippen LogP contribution in [-0.4, -0.2) is 49.4 Å². The van der Waals surface area contributed by atoms with Crippen molar-refractivity contribution in [3.8, 4) is 17.0 Å². The average molecular weight is 546 g/mol. The Kier molecular flexibility index (Phi) is 6.00. The number of fused-ring (bicyclic) bond motifs is 3. The molecular formula is C31H27N7O3. The highest BCUT2D eigenvalue weighted by Gasteiger charge is 2.35. The molecule has 6 aromatic rings. The van der Waals surface area contributed by atoms with Crippen LogP contribution in [0.1, 0.15) is 23.0 Å². The van der Waals surface area contributed by atoms with E-state index in [-0.39, 0.29) is 25.3 Å². The third-order valence-corrected chi connectivity index (χ3v) is 7.57. The molecule has 3 N–H and O–H groups in total. The normalized spacial score (nSPS) is 15.1. The van der Waals surface area contributed by atoms with Crippen molar-refractivity contribution in [1.82, 2.24) is 29.6 Å². The molecule has 3 aromatic carbocycles. The largest absolute Gasteiger partial charge is 0.497 e. The summed E-state index contributed by atoms with van der Waals surface area (Å²) in [6.45, 7) is 1.04. The van der Waals surface area contributed by atoms with E-state index in [1.165, 1.54) is 0 Å². The first-order valence-electron chi connectivity index (χ1n) is 13.3. The highest BCUT2D eigenvalue weighted by molar-refractivity contribution is 6.07. The van der Waals surface area contributed by atoms with Gasteiger partial charge in [-0.3, -0.25) is 10.00 Å². The predicted octanol–water partition coefficient (Wildman–Crippen LogP) is 5.31. The number of anilines is 1. The average Bonchev–Trinajstić information content (AvgIpc) is 3.75. The molecule has 41 heavy (non-hydrogen) atoms. The zero-order valence-electron chi connectivity index (χ0n) is 22.3. The maximum atomic E-state index is 13.0. The van der Waals surface area contributed by atoms with E-state index in [9.17, 15) is 4.79 Å². The quantitative estimate of drug-likeness (QED) is 0.279. The molecule has 7 rings (SSSR count). The fourth-order valence-electron chi connectivity index (χ4n) is 5.48. The number of nitrogens with zero attached hydrogens (tertiary/aromatic N) is 5. The molecule has 10 heteroatoms. The lowest BCUT2D eigenvalue weighted by Crippen LogP contribution is -2.28. The topological polar surface area (TPSA) is 124 Å². The number of ether oxygens (including phenoxy) is 2. The molecule has 0 bridgehead atoms. The summed E-state index contributed by atoms with van der Waals surface area (Å²) < 4.78 is 13.0. The Hall–Kier alpha value is -5.38. The molecule has 1 aliphatic rings. The number of hydrogen-bond donors (Lipinski definition) is 2. The zero-order chi connectivity index (χ0) is 27.9. The van der Waals surface area contributed by atoms with Gasteiger partial charge in [-0.1, -0.05) is 48.5 Å². The van der Waals surface area contributed by atoms with Crippen LogP contribution in [0.25, 0.3) is 33.2 Å². The number of methoxy groups -OCH3 is 1. The third kappa shape index (κ3) is 4.39. The van der Waals surface area contributed by atoms with Gasteiger partial charge in [0.05, 0.1) is 36.4 Å². The van der Waals surface area contributed by atoms with Gasteiger partial charge in [-0.05, 0) is 41.5 Å². The summed E-state index contributed by atoms with van der Waals surface area (Å²) in [6, 6.07) is 25.6. The summed E-state index contributed by atoms with van der Waals surface area (Å²) >= 11 is 0. The Balaban J connectivity index is 1.38. The molecular weight excluding hydrogens is 518 g/mol. The Labute approximate surface area is 235 Å².